The fourth-order valence-corrected chi connectivity index (χ4v) is 1.82. The van der Waals surface area contributed by atoms with E-state index >= 15 is 0 Å². The fourth-order valence-electron chi connectivity index (χ4n) is 1.82. The van der Waals surface area contributed by atoms with E-state index in [2.05, 4.69) is 5.32 Å². The lowest BCUT2D eigenvalue weighted by Gasteiger charge is -2.16. The molecule has 0 aliphatic rings. The molecule has 0 amide bonds. The van der Waals surface area contributed by atoms with Crippen molar-refractivity contribution in [3.8, 4) is 11.5 Å². The summed E-state index contributed by atoms with van der Waals surface area (Å²) in [5, 5.41) is 3.35. The van der Waals surface area contributed by atoms with Crippen LogP contribution in [0.4, 0.5) is 11.4 Å². The van der Waals surface area contributed by atoms with Crippen LogP contribution in [0.25, 0.3) is 0 Å². The van der Waals surface area contributed by atoms with Gasteiger partial charge >= 0.3 is 0 Å². The molecular weight excluding hydrogens is 238 g/mol. The van der Waals surface area contributed by atoms with Gasteiger partial charge in [0.15, 0.2) is 0 Å². The largest absolute Gasteiger partial charge is 0.495 e. The third-order valence-corrected chi connectivity index (χ3v) is 2.63. The van der Waals surface area contributed by atoms with Crippen LogP contribution in [0.2, 0.25) is 0 Å². The minimum absolute atomic E-state index is 0.139. The molecule has 3 heteroatoms. The van der Waals surface area contributed by atoms with Crippen molar-refractivity contribution in [3.05, 3.63) is 48.5 Å². The Kier molecular flexibility index (Phi) is 4.29. The van der Waals surface area contributed by atoms with Crippen molar-refractivity contribution in [1.29, 1.82) is 0 Å². The summed E-state index contributed by atoms with van der Waals surface area (Å²) in [6, 6.07) is 15.7. The summed E-state index contributed by atoms with van der Waals surface area (Å²) >= 11 is 0. The van der Waals surface area contributed by atoms with Crippen LogP contribution in [0.15, 0.2) is 48.5 Å². The minimum Gasteiger partial charge on any atom is -0.495 e. The number of hydrogen-bond donors (Lipinski definition) is 1. The summed E-state index contributed by atoms with van der Waals surface area (Å²) in [5.74, 6) is 1.64. The molecule has 19 heavy (non-hydrogen) atoms. The van der Waals surface area contributed by atoms with Crippen LogP contribution >= 0.6 is 0 Å². The molecule has 2 rings (SSSR count). The zero-order valence-electron chi connectivity index (χ0n) is 11.5. The average Bonchev–Trinajstić information content (AvgIpc) is 2.41. The molecule has 2 aromatic rings. The second-order valence-corrected chi connectivity index (χ2v) is 4.49. The maximum absolute atomic E-state index is 5.79. The monoisotopic (exact) mass is 257 g/mol. The van der Waals surface area contributed by atoms with Gasteiger partial charge in [-0.05, 0) is 38.1 Å². The van der Waals surface area contributed by atoms with Crippen molar-refractivity contribution < 1.29 is 9.47 Å². The number of rotatable bonds is 5. The Morgan fingerprint density at radius 2 is 1.37 bits per heavy atom. The molecule has 2 aromatic carbocycles. The number of benzene rings is 2. The summed E-state index contributed by atoms with van der Waals surface area (Å²) in [6.07, 6.45) is 0.139. The van der Waals surface area contributed by atoms with E-state index in [1.165, 1.54) is 0 Å². The van der Waals surface area contributed by atoms with Gasteiger partial charge in [-0.1, -0.05) is 24.3 Å². The minimum atomic E-state index is 0.139. The highest BCUT2D eigenvalue weighted by Crippen LogP contribution is 2.32. The van der Waals surface area contributed by atoms with Crippen molar-refractivity contribution in [2.75, 3.05) is 12.4 Å². The Labute approximate surface area is 114 Å². The molecule has 0 aliphatic heterocycles. The van der Waals surface area contributed by atoms with Gasteiger partial charge in [0.1, 0.15) is 11.5 Å². The smallest absolute Gasteiger partial charge is 0.143 e. The number of para-hydroxylation sites is 4. The Hall–Kier alpha value is -2.16. The first-order valence-corrected chi connectivity index (χ1v) is 6.36. The Morgan fingerprint density at radius 1 is 0.842 bits per heavy atom. The number of nitrogens with one attached hydrogen (secondary N) is 1. The number of anilines is 2. The molecule has 0 saturated carbocycles. The van der Waals surface area contributed by atoms with Crippen molar-refractivity contribution in [3.63, 3.8) is 0 Å². The first-order chi connectivity index (χ1) is 9.20. The van der Waals surface area contributed by atoms with Crippen LogP contribution in [0.5, 0.6) is 11.5 Å². The highest BCUT2D eigenvalue weighted by Gasteiger charge is 2.07. The van der Waals surface area contributed by atoms with E-state index in [1.54, 1.807) is 7.11 Å². The lowest BCUT2D eigenvalue weighted by atomic mass is 10.2. The second kappa shape index (κ2) is 6.14. The highest BCUT2D eigenvalue weighted by molar-refractivity contribution is 5.70. The maximum atomic E-state index is 5.79. The van der Waals surface area contributed by atoms with Gasteiger partial charge in [0.25, 0.3) is 0 Å². The fraction of sp³-hybridized carbons (Fsp3) is 0.250. The normalized spacial score (nSPS) is 10.3. The third kappa shape index (κ3) is 3.41. The molecular formula is C16H19NO2. The number of methoxy groups -OCH3 is 1. The molecule has 0 aliphatic carbocycles. The van der Waals surface area contributed by atoms with Crippen LogP contribution in [0.3, 0.4) is 0 Å². The lowest BCUT2D eigenvalue weighted by Crippen LogP contribution is -2.07. The standard InChI is InChI=1S/C16H19NO2/c1-12(2)19-16-11-7-5-9-14(16)17-13-8-4-6-10-15(13)18-3/h4-12,17H,1-3H3. The molecule has 3 nitrogen and oxygen atoms in total. The van der Waals surface area contributed by atoms with Crippen LogP contribution in [-0.2, 0) is 0 Å². The summed E-state index contributed by atoms with van der Waals surface area (Å²) < 4.78 is 11.1. The Morgan fingerprint density at radius 3 is 1.95 bits per heavy atom. The molecule has 0 spiro atoms. The van der Waals surface area contributed by atoms with Crippen LogP contribution in [0.1, 0.15) is 13.8 Å². The summed E-state index contributed by atoms with van der Waals surface area (Å²) in [6.45, 7) is 4.03. The molecule has 100 valence electrons. The van der Waals surface area contributed by atoms with E-state index in [9.17, 15) is 0 Å². The van der Waals surface area contributed by atoms with Gasteiger partial charge < -0.3 is 14.8 Å². The van der Waals surface area contributed by atoms with E-state index in [0.29, 0.717) is 0 Å². The third-order valence-electron chi connectivity index (χ3n) is 2.63. The zero-order valence-corrected chi connectivity index (χ0v) is 11.5. The van der Waals surface area contributed by atoms with Gasteiger partial charge in [0.05, 0.1) is 24.6 Å². The first kappa shape index (κ1) is 13.3. The van der Waals surface area contributed by atoms with Crippen LogP contribution < -0.4 is 14.8 Å². The lowest BCUT2D eigenvalue weighted by molar-refractivity contribution is 0.244. The van der Waals surface area contributed by atoms with Crippen LogP contribution in [0, 0.1) is 0 Å². The van der Waals surface area contributed by atoms with E-state index in [1.807, 2.05) is 62.4 Å². The molecule has 0 heterocycles. The molecule has 0 radical (unpaired) electrons. The molecule has 0 saturated heterocycles. The SMILES string of the molecule is COc1ccccc1Nc1ccccc1OC(C)C. The summed E-state index contributed by atoms with van der Waals surface area (Å²) in [4.78, 5) is 0. The molecule has 0 fully saturated rings. The van der Waals surface area contributed by atoms with E-state index in [-0.39, 0.29) is 6.10 Å². The highest BCUT2D eigenvalue weighted by atomic mass is 16.5. The van der Waals surface area contributed by atoms with E-state index < -0.39 is 0 Å². The van der Waals surface area contributed by atoms with Gasteiger partial charge in [-0.3, -0.25) is 0 Å². The van der Waals surface area contributed by atoms with Crippen LogP contribution in [-0.4, -0.2) is 13.2 Å². The Bertz CT molecular complexity index is 538. The maximum Gasteiger partial charge on any atom is 0.143 e. The summed E-state index contributed by atoms with van der Waals surface area (Å²) in [7, 11) is 1.66. The van der Waals surface area contributed by atoms with Gasteiger partial charge in [0, 0.05) is 0 Å². The predicted molar refractivity (Wildman–Crippen MR) is 78.5 cm³/mol. The van der Waals surface area contributed by atoms with Gasteiger partial charge in [-0.15, -0.1) is 0 Å². The molecule has 0 aromatic heterocycles. The Balaban J connectivity index is 2.27. The first-order valence-electron chi connectivity index (χ1n) is 6.36. The molecule has 0 bridgehead atoms. The molecule has 1 N–H and O–H groups in total. The predicted octanol–water partition coefficient (Wildman–Crippen LogP) is 4.23. The number of ether oxygens (including phenoxy) is 2. The van der Waals surface area contributed by atoms with E-state index in [0.717, 1.165) is 22.9 Å². The summed E-state index contributed by atoms with van der Waals surface area (Å²) in [5.41, 5.74) is 1.85. The van der Waals surface area contributed by atoms with Crippen molar-refractivity contribution in [2.24, 2.45) is 0 Å². The van der Waals surface area contributed by atoms with Gasteiger partial charge in [-0.25, -0.2) is 0 Å². The topological polar surface area (TPSA) is 30.5 Å². The quantitative estimate of drug-likeness (QED) is 0.869. The van der Waals surface area contributed by atoms with E-state index in [4.69, 9.17) is 9.47 Å². The average molecular weight is 257 g/mol. The molecule has 0 atom stereocenters. The second-order valence-electron chi connectivity index (χ2n) is 4.49. The zero-order chi connectivity index (χ0) is 13.7. The number of hydrogen-bond acceptors (Lipinski definition) is 3. The van der Waals surface area contributed by atoms with Gasteiger partial charge in [-0.2, -0.15) is 0 Å². The van der Waals surface area contributed by atoms with Crippen molar-refractivity contribution in [2.45, 2.75) is 20.0 Å². The van der Waals surface area contributed by atoms with Crippen molar-refractivity contribution in [1.82, 2.24) is 0 Å². The van der Waals surface area contributed by atoms with Crippen molar-refractivity contribution >= 4 is 11.4 Å². The molecule has 0 unspecified atom stereocenters. The van der Waals surface area contributed by atoms with Gasteiger partial charge in [0.2, 0.25) is 0 Å².